The van der Waals surface area contributed by atoms with E-state index in [1.807, 2.05) is 6.07 Å². The molecule has 1 aromatic rings. The molecule has 64 valence electrons. The molecule has 12 heavy (non-hydrogen) atoms. The fraction of sp³-hybridized carbons (Fsp3) is 0.333. The van der Waals surface area contributed by atoms with E-state index >= 15 is 0 Å². The van der Waals surface area contributed by atoms with Gasteiger partial charge < -0.3 is 5.32 Å². The van der Waals surface area contributed by atoms with Crippen LogP contribution in [0.4, 0.5) is 4.39 Å². The lowest BCUT2D eigenvalue weighted by Gasteiger charge is -2.29. The molecule has 1 N–H and O–H groups in total. The van der Waals surface area contributed by atoms with Gasteiger partial charge in [-0.1, -0.05) is 6.07 Å². The molecule has 1 aromatic carbocycles. The Morgan fingerprint density at radius 3 is 2.75 bits per heavy atom. The van der Waals surface area contributed by atoms with Gasteiger partial charge in [0.25, 0.3) is 0 Å². The monoisotopic (exact) mass is 277 g/mol. The second-order valence-electron chi connectivity index (χ2n) is 2.93. The Kier molecular flexibility index (Phi) is 2.32. The zero-order chi connectivity index (χ0) is 8.55. The zero-order valence-electron chi connectivity index (χ0n) is 6.48. The number of hydrogen-bond acceptors (Lipinski definition) is 1. The Labute approximate surface area is 84.5 Å². The summed E-state index contributed by atoms with van der Waals surface area (Å²) in [5, 5.41) is 3.20. The predicted octanol–water partition coefficient (Wildman–Crippen LogP) is 2.46. The first-order valence-electron chi connectivity index (χ1n) is 3.96. The van der Waals surface area contributed by atoms with Crippen LogP contribution in [-0.2, 0) is 0 Å². The van der Waals surface area contributed by atoms with Gasteiger partial charge in [0.2, 0.25) is 0 Å². The maximum absolute atomic E-state index is 13.3. The fourth-order valence-corrected chi connectivity index (χ4v) is 2.22. The number of hydrogen-bond donors (Lipinski definition) is 1. The lowest BCUT2D eigenvalue weighted by molar-refractivity contribution is 0.369. The molecule has 2 rings (SSSR count). The normalized spacial score (nSPS) is 22.0. The molecule has 0 unspecified atom stereocenters. The van der Waals surface area contributed by atoms with Crippen LogP contribution in [0.25, 0.3) is 0 Å². The maximum atomic E-state index is 13.3. The SMILES string of the molecule is Fc1cccc(I)c1[C@H]1CCN1. The van der Waals surface area contributed by atoms with Crippen LogP contribution in [0.3, 0.4) is 0 Å². The van der Waals surface area contributed by atoms with Gasteiger partial charge in [0.05, 0.1) is 0 Å². The first kappa shape index (κ1) is 8.44. The Morgan fingerprint density at radius 1 is 1.50 bits per heavy atom. The predicted molar refractivity (Wildman–Crippen MR) is 54.5 cm³/mol. The second-order valence-corrected chi connectivity index (χ2v) is 4.09. The summed E-state index contributed by atoms with van der Waals surface area (Å²) in [5.74, 6) is -0.0842. The molecule has 0 radical (unpaired) electrons. The van der Waals surface area contributed by atoms with E-state index in [4.69, 9.17) is 0 Å². The highest BCUT2D eigenvalue weighted by molar-refractivity contribution is 14.1. The van der Waals surface area contributed by atoms with Crippen molar-refractivity contribution in [2.24, 2.45) is 0 Å². The largest absolute Gasteiger partial charge is 0.310 e. The summed E-state index contributed by atoms with van der Waals surface area (Å²) in [4.78, 5) is 0. The van der Waals surface area contributed by atoms with E-state index in [-0.39, 0.29) is 11.9 Å². The Hall–Kier alpha value is -0.160. The number of benzene rings is 1. The van der Waals surface area contributed by atoms with E-state index in [0.29, 0.717) is 0 Å². The van der Waals surface area contributed by atoms with Gasteiger partial charge >= 0.3 is 0 Å². The summed E-state index contributed by atoms with van der Waals surface area (Å²) in [6.07, 6.45) is 1.05. The van der Waals surface area contributed by atoms with Crippen molar-refractivity contribution in [1.29, 1.82) is 0 Å². The Bertz CT molecular complexity index is 276. The molecule has 3 heteroatoms. The molecule has 0 saturated carbocycles. The Balaban J connectivity index is 2.39. The van der Waals surface area contributed by atoms with Crippen LogP contribution in [0.15, 0.2) is 18.2 Å². The molecular formula is C9H9FIN. The quantitative estimate of drug-likeness (QED) is 0.777. The lowest BCUT2D eigenvalue weighted by atomic mass is 9.98. The van der Waals surface area contributed by atoms with E-state index in [2.05, 4.69) is 27.9 Å². The third-order valence-electron chi connectivity index (χ3n) is 2.17. The van der Waals surface area contributed by atoms with Crippen LogP contribution >= 0.6 is 22.6 Å². The van der Waals surface area contributed by atoms with Crippen molar-refractivity contribution in [2.45, 2.75) is 12.5 Å². The standard InChI is InChI=1S/C9H9FIN/c10-6-2-1-3-7(11)9(6)8-4-5-12-8/h1-3,8,12H,4-5H2/t8-/m1/s1. The maximum Gasteiger partial charge on any atom is 0.129 e. The molecule has 0 aromatic heterocycles. The lowest BCUT2D eigenvalue weighted by Crippen LogP contribution is -2.36. The third-order valence-corrected chi connectivity index (χ3v) is 3.11. The highest BCUT2D eigenvalue weighted by atomic mass is 127. The molecular weight excluding hydrogens is 268 g/mol. The van der Waals surface area contributed by atoms with Crippen LogP contribution in [0.2, 0.25) is 0 Å². The van der Waals surface area contributed by atoms with Gasteiger partial charge in [-0.15, -0.1) is 0 Å². The molecule has 0 aliphatic carbocycles. The van der Waals surface area contributed by atoms with E-state index in [9.17, 15) is 4.39 Å². The number of nitrogens with one attached hydrogen (secondary N) is 1. The molecule has 1 aliphatic heterocycles. The van der Waals surface area contributed by atoms with Gasteiger partial charge in [0, 0.05) is 15.2 Å². The van der Waals surface area contributed by atoms with Crippen LogP contribution in [0, 0.1) is 9.39 Å². The molecule has 1 aliphatic rings. The van der Waals surface area contributed by atoms with Crippen LogP contribution in [0.5, 0.6) is 0 Å². The zero-order valence-corrected chi connectivity index (χ0v) is 8.64. The van der Waals surface area contributed by atoms with Crippen LogP contribution in [-0.4, -0.2) is 6.54 Å². The second kappa shape index (κ2) is 3.30. The van der Waals surface area contributed by atoms with Crippen molar-refractivity contribution < 1.29 is 4.39 Å². The van der Waals surface area contributed by atoms with E-state index < -0.39 is 0 Å². The summed E-state index contributed by atoms with van der Waals surface area (Å²) in [7, 11) is 0. The van der Waals surface area contributed by atoms with Gasteiger partial charge in [-0.2, -0.15) is 0 Å². The first-order valence-corrected chi connectivity index (χ1v) is 5.04. The van der Waals surface area contributed by atoms with E-state index in [1.54, 1.807) is 6.07 Å². The smallest absolute Gasteiger partial charge is 0.129 e. The number of rotatable bonds is 1. The Morgan fingerprint density at radius 2 is 2.25 bits per heavy atom. The van der Waals surface area contributed by atoms with Gasteiger partial charge in [-0.25, -0.2) is 4.39 Å². The minimum Gasteiger partial charge on any atom is -0.310 e. The van der Waals surface area contributed by atoms with E-state index in [1.165, 1.54) is 6.07 Å². The summed E-state index contributed by atoms with van der Waals surface area (Å²) in [6.45, 7) is 1.01. The van der Waals surface area contributed by atoms with Crippen LogP contribution < -0.4 is 5.32 Å². The third kappa shape index (κ3) is 1.35. The van der Waals surface area contributed by atoms with E-state index in [0.717, 1.165) is 22.1 Å². The molecule has 1 nitrogen and oxygen atoms in total. The molecule has 0 amide bonds. The highest BCUT2D eigenvalue weighted by Crippen LogP contribution is 2.29. The average molecular weight is 277 g/mol. The van der Waals surface area contributed by atoms with Gasteiger partial charge in [0.15, 0.2) is 0 Å². The average Bonchev–Trinajstić information content (AvgIpc) is 1.93. The first-order chi connectivity index (χ1) is 5.79. The van der Waals surface area contributed by atoms with Crippen molar-refractivity contribution >= 4 is 22.6 Å². The minimum atomic E-state index is -0.0842. The molecule has 1 heterocycles. The highest BCUT2D eigenvalue weighted by Gasteiger charge is 2.23. The van der Waals surface area contributed by atoms with Gasteiger partial charge in [-0.3, -0.25) is 0 Å². The summed E-state index contributed by atoms with van der Waals surface area (Å²) in [5.41, 5.74) is 0.837. The molecule has 1 atom stereocenters. The van der Waals surface area contributed by atoms with Crippen molar-refractivity contribution in [1.82, 2.24) is 5.32 Å². The van der Waals surface area contributed by atoms with Crippen molar-refractivity contribution in [3.8, 4) is 0 Å². The minimum absolute atomic E-state index is 0.0842. The summed E-state index contributed by atoms with van der Waals surface area (Å²) in [6, 6.07) is 5.47. The van der Waals surface area contributed by atoms with Crippen molar-refractivity contribution in [3.63, 3.8) is 0 Å². The fourth-order valence-electron chi connectivity index (χ4n) is 1.38. The van der Waals surface area contributed by atoms with Crippen LogP contribution in [0.1, 0.15) is 18.0 Å². The molecule has 1 saturated heterocycles. The van der Waals surface area contributed by atoms with Crippen molar-refractivity contribution in [2.75, 3.05) is 6.54 Å². The molecule has 1 fully saturated rings. The number of halogens is 2. The van der Waals surface area contributed by atoms with Gasteiger partial charge in [-0.05, 0) is 47.7 Å². The summed E-state index contributed by atoms with van der Waals surface area (Å²) >= 11 is 2.18. The molecule has 0 bridgehead atoms. The van der Waals surface area contributed by atoms with Gasteiger partial charge in [0.1, 0.15) is 5.82 Å². The summed E-state index contributed by atoms with van der Waals surface area (Å²) < 4.78 is 14.3. The topological polar surface area (TPSA) is 12.0 Å². The van der Waals surface area contributed by atoms with Crippen molar-refractivity contribution in [3.05, 3.63) is 33.1 Å². The molecule has 0 spiro atoms.